The number of hydrogen-bond donors (Lipinski definition) is 2. The lowest BCUT2D eigenvalue weighted by Gasteiger charge is -2.40. The topological polar surface area (TPSA) is 60.2 Å². The zero-order chi connectivity index (χ0) is 13.9. The van der Waals surface area contributed by atoms with Gasteiger partial charge in [0.1, 0.15) is 5.82 Å². The summed E-state index contributed by atoms with van der Waals surface area (Å²) in [5.41, 5.74) is 6.40. The minimum absolute atomic E-state index is 0.0240. The molecule has 2 rings (SSSR count). The predicted molar refractivity (Wildman–Crippen MR) is 82.3 cm³/mol. The third-order valence-corrected chi connectivity index (χ3v) is 4.59. The molecule has 5 heteroatoms. The fraction of sp³-hybridized carbons (Fsp3) is 0.643. The molecule has 0 saturated carbocycles. The molecule has 3 N–H and O–H groups in total. The highest BCUT2D eigenvalue weighted by molar-refractivity contribution is 9.10. The number of nitrogens with one attached hydrogen (secondary N) is 1. The molecule has 1 fully saturated rings. The maximum absolute atomic E-state index is 5.99. The quantitative estimate of drug-likeness (QED) is 0.887. The third-order valence-electron chi connectivity index (χ3n) is 3.98. The number of halogens is 1. The largest absolute Gasteiger partial charge is 0.397 e. The van der Waals surface area contributed by atoms with Crippen molar-refractivity contribution in [2.45, 2.75) is 51.2 Å². The number of nitrogen functional groups attached to an aromatic ring is 1. The van der Waals surface area contributed by atoms with Crippen LogP contribution in [0.1, 0.15) is 39.5 Å². The summed E-state index contributed by atoms with van der Waals surface area (Å²) in [5.74, 6) is 0.863. The Hall–Kier alpha value is -0.810. The second kappa shape index (κ2) is 6.09. The van der Waals surface area contributed by atoms with Crippen LogP contribution in [0.15, 0.2) is 16.7 Å². The van der Waals surface area contributed by atoms with E-state index in [1.165, 1.54) is 0 Å². The normalized spacial score (nSPS) is 22.2. The van der Waals surface area contributed by atoms with Crippen molar-refractivity contribution < 1.29 is 4.74 Å². The van der Waals surface area contributed by atoms with Gasteiger partial charge in [-0.3, -0.25) is 0 Å². The molecule has 1 aliphatic heterocycles. The minimum Gasteiger partial charge on any atom is -0.397 e. The van der Waals surface area contributed by atoms with Crippen LogP contribution in [-0.2, 0) is 4.74 Å². The Labute approximate surface area is 123 Å². The van der Waals surface area contributed by atoms with Crippen molar-refractivity contribution in [1.82, 2.24) is 4.98 Å². The summed E-state index contributed by atoms with van der Waals surface area (Å²) < 4.78 is 6.90. The lowest BCUT2D eigenvalue weighted by atomic mass is 9.86. The highest BCUT2D eigenvalue weighted by Gasteiger charge is 2.34. The molecular formula is C14H22BrN3O. The lowest BCUT2D eigenvalue weighted by Crippen LogP contribution is -2.43. The van der Waals surface area contributed by atoms with Crippen LogP contribution >= 0.6 is 15.9 Å². The number of rotatable bonds is 4. The standard InChI is InChI=1S/C14H22BrN3O/c1-3-14(4-2)8-11(5-6-19-14)18-13-12(15)7-10(16)9-17-13/h7,9,11H,3-6,8,16H2,1-2H3,(H,17,18). The fourth-order valence-electron chi connectivity index (χ4n) is 2.65. The molecule has 1 aromatic rings. The van der Waals surface area contributed by atoms with E-state index in [0.29, 0.717) is 11.7 Å². The Morgan fingerprint density at radius 3 is 2.89 bits per heavy atom. The Morgan fingerprint density at radius 2 is 2.26 bits per heavy atom. The van der Waals surface area contributed by atoms with Crippen molar-refractivity contribution in [2.24, 2.45) is 0 Å². The van der Waals surface area contributed by atoms with E-state index in [2.05, 4.69) is 40.1 Å². The first kappa shape index (κ1) is 14.6. The maximum atomic E-state index is 5.99. The summed E-state index contributed by atoms with van der Waals surface area (Å²) in [4.78, 5) is 4.35. The molecule has 1 unspecified atom stereocenters. The number of hydrogen-bond acceptors (Lipinski definition) is 4. The van der Waals surface area contributed by atoms with Crippen molar-refractivity contribution in [3.63, 3.8) is 0 Å². The minimum atomic E-state index is 0.0240. The zero-order valence-electron chi connectivity index (χ0n) is 11.6. The van der Waals surface area contributed by atoms with E-state index in [4.69, 9.17) is 10.5 Å². The van der Waals surface area contributed by atoms with Crippen LogP contribution < -0.4 is 11.1 Å². The summed E-state index contributed by atoms with van der Waals surface area (Å²) in [7, 11) is 0. The van der Waals surface area contributed by atoms with Crippen molar-refractivity contribution in [2.75, 3.05) is 17.7 Å². The fourth-order valence-corrected chi connectivity index (χ4v) is 3.13. The smallest absolute Gasteiger partial charge is 0.140 e. The number of pyridine rings is 1. The van der Waals surface area contributed by atoms with Gasteiger partial charge in [-0.25, -0.2) is 4.98 Å². The molecule has 0 spiro atoms. The third kappa shape index (κ3) is 3.39. The molecule has 106 valence electrons. The van der Waals surface area contributed by atoms with Gasteiger partial charge in [0, 0.05) is 12.6 Å². The maximum Gasteiger partial charge on any atom is 0.140 e. The van der Waals surface area contributed by atoms with Crippen LogP contribution in [0, 0.1) is 0 Å². The SMILES string of the molecule is CCC1(CC)CC(Nc2ncc(N)cc2Br)CCO1. The Balaban J connectivity index is 2.06. The second-order valence-electron chi connectivity index (χ2n) is 5.17. The molecule has 0 aromatic carbocycles. The van der Waals surface area contributed by atoms with Crippen LogP contribution in [0.4, 0.5) is 11.5 Å². The lowest BCUT2D eigenvalue weighted by molar-refractivity contribution is -0.0864. The number of nitrogens with zero attached hydrogens (tertiary/aromatic N) is 1. The molecule has 4 nitrogen and oxygen atoms in total. The van der Waals surface area contributed by atoms with Crippen LogP contribution in [0.5, 0.6) is 0 Å². The van der Waals surface area contributed by atoms with E-state index in [0.717, 1.165) is 42.6 Å². The van der Waals surface area contributed by atoms with Crippen LogP contribution in [-0.4, -0.2) is 23.2 Å². The van der Waals surface area contributed by atoms with Gasteiger partial charge in [0.25, 0.3) is 0 Å². The van der Waals surface area contributed by atoms with E-state index < -0.39 is 0 Å². The molecule has 19 heavy (non-hydrogen) atoms. The molecule has 1 atom stereocenters. The first-order valence-corrected chi connectivity index (χ1v) is 7.69. The molecule has 0 amide bonds. The van der Waals surface area contributed by atoms with Gasteiger partial charge in [-0.05, 0) is 47.7 Å². The molecule has 0 aliphatic carbocycles. The molecule has 0 radical (unpaired) electrons. The van der Waals surface area contributed by atoms with E-state index in [1.807, 2.05) is 6.07 Å². The average Bonchev–Trinajstić information content (AvgIpc) is 2.42. The number of nitrogens with two attached hydrogens (primary N) is 1. The summed E-state index contributed by atoms with van der Waals surface area (Å²) in [6.45, 7) is 5.21. The van der Waals surface area contributed by atoms with Gasteiger partial charge >= 0.3 is 0 Å². The average molecular weight is 328 g/mol. The summed E-state index contributed by atoms with van der Waals surface area (Å²) >= 11 is 3.50. The molecule has 1 saturated heterocycles. The van der Waals surface area contributed by atoms with Gasteiger partial charge in [0.15, 0.2) is 0 Å². The van der Waals surface area contributed by atoms with Crippen molar-refractivity contribution in [3.05, 3.63) is 16.7 Å². The van der Waals surface area contributed by atoms with Crippen molar-refractivity contribution >= 4 is 27.4 Å². The number of ether oxygens (including phenoxy) is 1. The van der Waals surface area contributed by atoms with Crippen LogP contribution in [0.3, 0.4) is 0 Å². The van der Waals surface area contributed by atoms with Gasteiger partial charge < -0.3 is 15.8 Å². The molecular weight excluding hydrogens is 306 g/mol. The first-order valence-electron chi connectivity index (χ1n) is 6.90. The summed E-state index contributed by atoms with van der Waals surface area (Å²) in [6.07, 6.45) is 5.83. The Kier molecular flexibility index (Phi) is 4.68. The highest BCUT2D eigenvalue weighted by Crippen LogP contribution is 2.33. The van der Waals surface area contributed by atoms with E-state index >= 15 is 0 Å². The van der Waals surface area contributed by atoms with Crippen molar-refractivity contribution in [3.8, 4) is 0 Å². The highest BCUT2D eigenvalue weighted by atomic mass is 79.9. The first-order chi connectivity index (χ1) is 9.08. The van der Waals surface area contributed by atoms with Gasteiger partial charge in [-0.2, -0.15) is 0 Å². The van der Waals surface area contributed by atoms with E-state index in [9.17, 15) is 0 Å². The Morgan fingerprint density at radius 1 is 1.53 bits per heavy atom. The molecule has 1 aliphatic rings. The monoisotopic (exact) mass is 327 g/mol. The second-order valence-corrected chi connectivity index (χ2v) is 6.03. The van der Waals surface area contributed by atoms with Gasteiger partial charge in [0.2, 0.25) is 0 Å². The van der Waals surface area contributed by atoms with E-state index in [1.54, 1.807) is 6.20 Å². The number of aromatic nitrogens is 1. The number of anilines is 2. The summed E-state index contributed by atoms with van der Waals surface area (Å²) in [6, 6.07) is 2.28. The van der Waals surface area contributed by atoms with E-state index in [-0.39, 0.29) is 5.60 Å². The predicted octanol–water partition coefficient (Wildman–Crippen LogP) is 3.58. The van der Waals surface area contributed by atoms with Gasteiger partial charge in [-0.1, -0.05) is 13.8 Å². The van der Waals surface area contributed by atoms with Crippen LogP contribution in [0.25, 0.3) is 0 Å². The zero-order valence-corrected chi connectivity index (χ0v) is 13.2. The molecule has 2 heterocycles. The molecule has 0 bridgehead atoms. The van der Waals surface area contributed by atoms with Gasteiger partial charge in [0.05, 0.1) is 22.0 Å². The van der Waals surface area contributed by atoms with Crippen molar-refractivity contribution in [1.29, 1.82) is 0 Å². The van der Waals surface area contributed by atoms with Gasteiger partial charge in [-0.15, -0.1) is 0 Å². The molecule has 1 aromatic heterocycles. The van der Waals surface area contributed by atoms with Crippen LogP contribution in [0.2, 0.25) is 0 Å². The summed E-state index contributed by atoms with van der Waals surface area (Å²) in [5, 5.41) is 3.51. The Bertz CT molecular complexity index is 435.